The van der Waals surface area contributed by atoms with Crippen LogP contribution in [0.1, 0.15) is 65.1 Å². The molecule has 2 heterocycles. The normalized spacial score (nSPS) is 9.90. The zero-order valence-corrected chi connectivity index (χ0v) is 20.1. The van der Waals surface area contributed by atoms with Crippen molar-refractivity contribution in [1.82, 2.24) is 19.9 Å². The minimum atomic E-state index is 0.431. The van der Waals surface area contributed by atoms with Gasteiger partial charge in [0.2, 0.25) is 0 Å². The molecule has 2 rings (SSSR count). The SMILES string of the molecule is C=N.CC.CCCC/C(C)=C\NCc1cn2nccc(C[PH3+])c2n1.CCOC=O. The van der Waals surface area contributed by atoms with Gasteiger partial charge in [-0.2, -0.15) is 5.10 Å². The maximum atomic E-state index is 9.18. The summed E-state index contributed by atoms with van der Waals surface area (Å²) in [6, 6.07) is 2.04. The van der Waals surface area contributed by atoms with E-state index in [1.54, 1.807) is 6.92 Å². The molecule has 1 unspecified atom stereocenters. The molecular formula is C21H39N5O2P+. The number of carbonyl (C=O) groups excluding carboxylic acids is 1. The minimum Gasteiger partial charge on any atom is -0.468 e. The fraction of sp³-hybridized carbons (Fsp3) is 0.524. The van der Waals surface area contributed by atoms with Gasteiger partial charge in [0, 0.05) is 11.8 Å². The van der Waals surface area contributed by atoms with Crippen LogP contribution in [0.15, 0.2) is 30.2 Å². The average Bonchev–Trinajstić information content (AvgIpc) is 3.19. The van der Waals surface area contributed by atoms with Gasteiger partial charge in [-0.05, 0) is 54.9 Å². The fourth-order valence-corrected chi connectivity index (χ4v) is 2.59. The molecule has 0 fully saturated rings. The molecule has 2 aromatic heterocycles. The summed E-state index contributed by atoms with van der Waals surface area (Å²) in [7, 11) is 1.94. The number of carbonyl (C=O) groups is 1. The van der Waals surface area contributed by atoms with Crippen molar-refractivity contribution in [3.8, 4) is 0 Å². The quantitative estimate of drug-likeness (QED) is 0.351. The predicted molar refractivity (Wildman–Crippen MR) is 127 cm³/mol. The zero-order valence-electron chi connectivity index (χ0n) is 18.7. The highest BCUT2D eigenvalue weighted by Gasteiger charge is 2.06. The van der Waals surface area contributed by atoms with E-state index in [0.29, 0.717) is 13.1 Å². The van der Waals surface area contributed by atoms with Crippen molar-refractivity contribution in [3.05, 3.63) is 41.5 Å². The summed E-state index contributed by atoms with van der Waals surface area (Å²) in [5.41, 5.74) is 4.65. The molecule has 29 heavy (non-hydrogen) atoms. The molecule has 2 N–H and O–H groups in total. The Morgan fingerprint density at radius 2 is 2.07 bits per heavy atom. The molecule has 7 nitrogen and oxygen atoms in total. The first kappa shape index (κ1) is 28.9. The molecule has 0 spiro atoms. The van der Waals surface area contributed by atoms with Crippen molar-refractivity contribution in [1.29, 1.82) is 5.41 Å². The third-order valence-corrected chi connectivity index (χ3v) is 4.09. The Bertz CT molecular complexity index is 689. The van der Waals surface area contributed by atoms with Crippen LogP contribution in [-0.4, -0.2) is 34.4 Å². The van der Waals surface area contributed by atoms with Crippen molar-refractivity contribution in [2.75, 3.05) is 6.61 Å². The molecule has 164 valence electrons. The summed E-state index contributed by atoms with van der Waals surface area (Å²) in [5, 5.41) is 13.2. The molecule has 0 bridgehead atoms. The van der Waals surface area contributed by atoms with Gasteiger partial charge in [-0.15, -0.1) is 0 Å². The number of rotatable bonds is 9. The van der Waals surface area contributed by atoms with Gasteiger partial charge in [0.25, 0.3) is 6.47 Å². The highest BCUT2D eigenvalue weighted by Crippen LogP contribution is 2.13. The number of imidazole rings is 1. The Kier molecular flexibility index (Phi) is 20.4. The number of hydrogen-bond acceptors (Lipinski definition) is 6. The van der Waals surface area contributed by atoms with Crippen LogP contribution >= 0.6 is 9.24 Å². The summed E-state index contributed by atoms with van der Waals surface area (Å²) in [5.74, 6) is 0. The molecule has 8 heteroatoms. The summed E-state index contributed by atoms with van der Waals surface area (Å²) >= 11 is 0. The van der Waals surface area contributed by atoms with Gasteiger partial charge < -0.3 is 15.5 Å². The van der Waals surface area contributed by atoms with Crippen LogP contribution < -0.4 is 5.32 Å². The molecule has 0 amide bonds. The lowest BCUT2D eigenvalue weighted by Crippen LogP contribution is -2.05. The van der Waals surface area contributed by atoms with Gasteiger partial charge >= 0.3 is 0 Å². The van der Waals surface area contributed by atoms with Gasteiger partial charge in [-0.1, -0.05) is 32.8 Å². The number of nitrogens with zero attached hydrogens (tertiary/aromatic N) is 3. The Morgan fingerprint density at radius 3 is 2.59 bits per heavy atom. The monoisotopic (exact) mass is 424 g/mol. The second-order valence-electron chi connectivity index (χ2n) is 5.63. The van der Waals surface area contributed by atoms with Gasteiger partial charge in [-0.25, -0.2) is 9.50 Å². The largest absolute Gasteiger partial charge is 0.468 e. The lowest BCUT2D eigenvalue weighted by atomic mass is 10.1. The van der Waals surface area contributed by atoms with Crippen molar-refractivity contribution >= 4 is 28.1 Å². The van der Waals surface area contributed by atoms with Crippen LogP contribution in [0.25, 0.3) is 5.65 Å². The van der Waals surface area contributed by atoms with Crippen molar-refractivity contribution in [3.63, 3.8) is 0 Å². The van der Waals surface area contributed by atoms with Gasteiger partial charge in [0.15, 0.2) is 5.65 Å². The number of fused-ring (bicyclic) bond motifs is 1. The molecule has 1 atom stereocenters. The van der Waals surface area contributed by atoms with Crippen LogP contribution in [0.5, 0.6) is 0 Å². The maximum Gasteiger partial charge on any atom is 0.293 e. The van der Waals surface area contributed by atoms with Gasteiger partial charge in [-0.3, -0.25) is 4.79 Å². The zero-order chi connectivity index (χ0) is 22.5. The molecule has 0 saturated carbocycles. The first-order chi connectivity index (χ1) is 14.2. The van der Waals surface area contributed by atoms with Crippen LogP contribution in [0.2, 0.25) is 0 Å². The van der Waals surface area contributed by atoms with Crippen molar-refractivity contribution in [2.24, 2.45) is 0 Å². The van der Waals surface area contributed by atoms with Gasteiger partial charge in [0.1, 0.15) is 0 Å². The van der Waals surface area contributed by atoms with Crippen LogP contribution in [-0.2, 0) is 22.2 Å². The van der Waals surface area contributed by atoms with E-state index in [0.717, 1.165) is 30.5 Å². The van der Waals surface area contributed by atoms with E-state index < -0.39 is 0 Å². The molecule has 0 radical (unpaired) electrons. The fourth-order valence-electron chi connectivity index (χ4n) is 2.20. The Balaban J connectivity index is 0. The lowest BCUT2D eigenvalue weighted by Gasteiger charge is -2.01. The Labute approximate surface area is 178 Å². The molecule has 0 aromatic carbocycles. The number of unbranched alkanes of at least 4 members (excludes halogenated alkanes) is 1. The van der Waals surface area contributed by atoms with Crippen molar-refractivity contribution < 1.29 is 9.53 Å². The summed E-state index contributed by atoms with van der Waals surface area (Å²) in [6.45, 7) is 14.3. The van der Waals surface area contributed by atoms with E-state index in [9.17, 15) is 4.79 Å². The van der Waals surface area contributed by atoms with E-state index in [1.165, 1.54) is 24.0 Å². The first-order valence-electron chi connectivity index (χ1n) is 10.1. The number of ether oxygens (including phenoxy) is 1. The summed E-state index contributed by atoms with van der Waals surface area (Å²) in [4.78, 5) is 13.8. The van der Waals surface area contributed by atoms with E-state index in [1.807, 2.05) is 46.1 Å². The minimum absolute atomic E-state index is 0.431. The third kappa shape index (κ3) is 12.7. The molecular weight excluding hydrogens is 385 g/mol. The van der Waals surface area contributed by atoms with E-state index in [2.05, 4.69) is 46.9 Å². The standard InChI is InChI=1S/C15H23N4P.C3H6O2.C2H6.CH3N/c1-3-4-5-12(2)8-16-9-14-10-19-15(18-14)13(11-20)6-7-17-19;1-2-5-3-4;2*1-2/h6-8,10,16H,3-5,9,11,20H2,1-2H3;3H,2H2,1H3;1-2H3;2H,1H2/p+1/b12-8-;;;. The average molecular weight is 425 g/mol. The highest BCUT2D eigenvalue weighted by molar-refractivity contribution is 7.15. The predicted octanol–water partition coefficient (Wildman–Crippen LogP) is 4.49. The van der Waals surface area contributed by atoms with Crippen LogP contribution in [0, 0.1) is 5.41 Å². The van der Waals surface area contributed by atoms with Crippen molar-refractivity contribution in [2.45, 2.75) is 66.6 Å². The molecule has 0 aliphatic heterocycles. The number of hydrogen-bond donors (Lipinski definition) is 2. The highest BCUT2D eigenvalue weighted by atomic mass is 31.0. The first-order valence-corrected chi connectivity index (χ1v) is 11.1. The topological polar surface area (TPSA) is 92.4 Å². The Morgan fingerprint density at radius 1 is 1.38 bits per heavy atom. The van der Waals surface area contributed by atoms with Crippen LogP contribution in [0.4, 0.5) is 0 Å². The van der Waals surface area contributed by atoms with E-state index in [-0.39, 0.29) is 0 Å². The van der Waals surface area contributed by atoms with Gasteiger partial charge in [0.05, 0.1) is 31.2 Å². The number of aromatic nitrogens is 3. The second kappa shape index (κ2) is 20.5. The van der Waals surface area contributed by atoms with Crippen LogP contribution in [0.3, 0.4) is 0 Å². The maximum absolute atomic E-state index is 9.18. The van der Waals surface area contributed by atoms with E-state index in [4.69, 9.17) is 5.41 Å². The lowest BCUT2D eigenvalue weighted by molar-refractivity contribution is -0.128. The summed E-state index contributed by atoms with van der Waals surface area (Å²) in [6.07, 6.45) is 10.6. The summed E-state index contributed by atoms with van der Waals surface area (Å²) < 4.78 is 6.02. The molecule has 2 aromatic rings. The molecule has 0 aliphatic rings. The molecule has 0 saturated heterocycles. The number of nitrogens with one attached hydrogen (secondary N) is 2. The smallest absolute Gasteiger partial charge is 0.293 e. The van der Waals surface area contributed by atoms with E-state index >= 15 is 0 Å². The second-order valence-corrected chi connectivity index (χ2v) is 6.13. The number of allylic oxidation sites excluding steroid dienone is 1. The third-order valence-electron chi connectivity index (χ3n) is 3.55. The molecule has 0 aliphatic carbocycles. The Hall–Kier alpha value is -2.27.